The Hall–Kier alpha value is -3.92. The molecule has 0 aliphatic heterocycles. The number of anilines is 1. The average molecular weight is 442 g/mol. The van der Waals surface area contributed by atoms with E-state index in [-0.39, 0.29) is 11.6 Å². The van der Waals surface area contributed by atoms with Crippen LogP contribution in [0.1, 0.15) is 24.3 Å². The second-order valence-electron chi connectivity index (χ2n) is 6.97. The lowest BCUT2D eigenvalue weighted by molar-refractivity contribution is -0.137. The highest BCUT2D eigenvalue weighted by Crippen LogP contribution is 2.31. The minimum absolute atomic E-state index is 0.0318. The predicted octanol–water partition coefficient (Wildman–Crippen LogP) is 5.38. The number of benzene rings is 2. The van der Waals surface area contributed by atoms with Crippen LogP contribution in [0.3, 0.4) is 0 Å². The van der Waals surface area contributed by atoms with Crippen LogP contribution >= 0.6 is 0 Å². The Balaban J connectivity index is 1.54. The fourth-order valence-corrected chi connectivity index (χ4v) is 3.08. The van der Waals surface area contributed by atoms with E-state index < -0.39 is 23.9 Å². The molecule has 7 nitrogen and oxygen atoms in total. The van der Waals surface area contributed by atoms with E-state index in [0.717, 1.165) is 12.1 Å². The van der Waals surface area contributed by atoms with Crippen LogP contribution in [0, 0.1) is 0 Å². The van der Waals surface area contributed by atoms with E-state index in [9.17, 15) is 23.1 Å². The maximum absolute atomic E-state index is 12.9. The Labute approximate surface area is 180 Å². The zero-order valence-corrected chi connectivity index (χ0v) is 16.7. The lowest BCUT2D eigenvalue weighted by Gasteiger charge is -2.11. The molecule has 0 aliphatic rings. The Morgan fingerprint density at radius 2 is 1.94 bits per heavy atom. The molecule has 2 N–H and O–H groups in total. The number of ether oxygens (including phenoxy) is 1. The molecule has 0 saturated heterocycles. The van der Waals surface area contributed by atoms with Gasteiger partial charge in [0.05, 0.1) is 22.9 Å². The summed E-state index contributed by atoms with van der Waals surface area (Å²) in [5, 5.41) is 12.8. The zero-order chi connectivity index (χ0) is 22.9. The summed E-state index contributed by atoms with van der Waals surface area (Å²) < 4.78 is 45.7. The first kappa shape index (κ1) is 21.3. The molecule has 32 heavy (non-hydrogen) atoms. The third-order valence-electron chi connectivity index (χ3n) is 4.64. The second-order valence-corrected chi connectivity index (χ2v) is 6.97. The van der Waals surface area contributed by atoms with E-state index in [1.807, 2.05) is 0 Å². The van der Waals surface area contributed by atoms with Crippen LogP contribution < -0.4 is 10.1 Å². The van der Waals surface area contributed by atoms with Gasteiger partial charge in [0.25, 0.3) is 0 Å². The average Bonchev–Trinajstić information content (AvgIpc) is 3.17. The van der Waals surface area contributed by atoms with Crippen molar-refractivity contribution in [1.29, 1.82) is 0 Å². The molecular weight excluding hydrogens is 425 g/mol. The summed E-state index contributed by atoms with van der Waals surface area (Å²) in [6.07, 6.45) is -2.48. The number of carbonyl (C=O) groups is 1. The molecular formula is C22H17F3N4O3. The van der Waals surface area contributed by atoms with Crippen molar-refractivity contribution >= 4 is 22.6 Å². The van der Waals surface area contributed by atoms with Crippen LogP contribution in [-0.2, 0) is 6.18 Å². The van der Waals surface area contributed by atoms with Crippen molar-refractivity contribution in [3.8, 4) is 11.6 Å². The van der Waals surface area contributed by atoms with Crippen LogP contribution in [0.2, 0.25) is 0 Å². The number of carbonyl (C=O) groups excluding carboxylic acids is 1. The summed E-state index contributed by atoms with van der Waals surface area (Å²) in [5.41, 5.74) is 0.130. The summed E-state index contributed by atoms with van der Waals surface area (Å²) >= 11 is 0. The molecule has 2 heterocycles. The van der Waals surface area contributed by atoms with Gasteiger partial charge in [0, 0.05) is 23.3 Å². The molecule has 0 spiro atoms. The van der Waals surface area contributed by atoms with Gasteiger partial charge in [0.15, 0.2) is 0 Å². The predicted molar refractivity (Wildman–Crippen MR) is 111 cm³/mol. The number of hydrogen-bond donors (Lipinski definition) is 2. The third kappa shape index (κ3) is 4.54. The van der Waals surface area contributed by atoms with E-state index in [2.05, 4.69) is 15.3 Å². The Morgan fingerprint density at radius 1 is 1.12 bits per heavy atom. The van der Waals surface area contributed by atoms with Crippen LogP contribution in [0.25, 0.3) is 10.9 Å². The Kier molecular flexibility index (Phi) is 5.54. The number of aliphatic hydroxyl groups excluding tert-OH is 1. The largest absolute Gasteiger partial charge is 0.439 e. The second kappa shape index (κ2) is 8.31. The van der Waals surface area contributed by atoms with E-state index in [0.29, 0.717) is 22.3 Å². The molecule has 0 fully saturated rings. The number of nitrogens with one attached hydrogen (secondary N) is 1. The van der Waals surface area contributed by atoms with Gasteiger partial charge in [0.2, 0.25) is 5.88 Å². The number of fused-ring (bicyclic) bond motifs is 1. The number of rotatable bonds is 4. The van der Waals surface area contributed by atoms with Crippen molar-refractivity contribution in [2.75, 3.05) is 5.32 Å². The zero-order valence-electron chi connectivity index (χ0n) is 16.7. The van der Waals surface area contributed by atoms with Gasteiger partial charge in [-0.3, -0.25) is 4.57 Å². The fourth-order valence-electron chi connectivity index (χ4n) is 3.08. The Bertz CT molecular complexity index is 1280. The molecule has 1 amide bonds. The van der Waals surface area contributed by atoms with Gasteiger partial charge in [0.1, 0.15) is 12.1 Å². The number of halogens is 3. The number of alkyl halides is 3. The topological polar surface area (TPSA) is 89.3 Å². The summed E-state index contributed by atoms with van der Waals surface area (Å²) in [6, 6.07) is 12.0. The van der Waals surface area contributed by atoms with Crippen molar-refractivity contribution in [2.24, 2.45) is 0 Å². The van der Waals surface area contributed by atoms with Crippen molar-refractivity contribution in [3.63, 3.8) is 0 Å². The molecule has 10 heteroatoms. The van der Waals surface area contributed by atoms with Crippen molar-refractivity contribution in [1.82, 2.24) is 14.5 Å². The van der Waals surface area contributed by atoms with E-state index >= 15 is 0 Å². The Morgan fingerprint density at radius 3 is 2.69 bits per heavy atom. The van der Waals surface area contributed by atoms with Gasteiger partial charge in [-0.15, -0.1) is 0 Å². The van der Waals surface area contributed by atoms with Gasteiger partial charge in [-0.25, -0.2) is 14.8 Å². The van der Waals surface area contributed by atoms with Crippen LogP contribution in [0.15, 0.2) is 67.1 Å². The number of aromatic nitrogens is 3. The maximum atomic E-state index is 12.9. The van der Waals surface area contributed by atoms with Crippen LogP contribution in [-0.4, -0.2) is 25.7 Å². The molecule has 4 rings (SSSR count). The molecule has 0 aliphatic carbocycles. The van der Waals surface area contributed by atoms with E-state index in [1.165, 1.54) is 35.3 Å². The quantitative estimate of drug-likeness (QED) is 0.443. The van der Waals surface area contributed by atoms with Gasteiger partial charge in [-0.05, 0) is 49.4 Å². The van der Waals surface area contributed by atoms with Crippen LogP contribution in [0.4, 0.5) is 23.7 Å². The molecule has 4 aromatic rings. The molecule has 164 valence electrons. The van der Waals surface area contributed by atoms with Gasteiger partial charge in [-0.1, -0.05) is 6.07 Å². The number of aliphatic hydroxyl groups is 1. The molecule has 1 atom stereocenters. The monoisotopic (exact) mass is 442 g/mol. The SMILES string of the molecule is CC(O)c1cc(Oc2ccc3c(ccn3C(=O)Nc3cccc(C(F)(F)F)c3)c2)ncn1. The van der Waals surface area contributed by atoms with E-state index in [4.69, 9.17) is 4.74 Å². The molecule has 0 radical (unpaired) electrons. The summed E-state index contributed by atoms with van der Waals surface area (Å²) in [6.45, 7) is 1.57. The van der Waals surface area contributed by atoms with Gasteiger partial charge < -0.3 is 15.2 Å². The normalized spacial score (nSPS) is 12.5. The van der Waals surface area contributed by atoms with Crippen molar-refractivity contribution in [3.05, 3.63) is 78.4 Å². The smallest absolute Gasteiger partial charge is 0.416 e. The fraction of sp³-hybridized carbons (Fsp3) is 0.136. The molecule has 2 aromatic heterocycles. The highest BCUT2D eigenvalue weighted by atomic mass is 19.4. The first-order valence-electron chi connectivity index (χ1n) is 9.48. The number of nitrogens with zero attached hydrogens (tertiary/aromatic N) is 3. The minimum atomic E-state index is -4.50. The number of amides is 1. The highest BCUT2D eigenvalue weighted by Gasteiger charge is 2.30. The summed E-state index contributed by atoms with van der Waals surface area (Å²) in [7, 11) is 0. The van der Waals surface area contributed by atoms with Gasteiger partial charge >= 0.3 is 12.2 Å². The number of hydrogen-bond acceptors (Lipinski definition) is 5. The highest BCUT2D eigenvalue weighted by molar-refractivity contribution is 5.98. The van der Waals surface area contributed by atoms with Crippen molar-refractivity contribution in [2.45, 2.75) is 19.2 Å². The molecule has 0 bridgehead atoms. The summed E-state index contributed by atoms with van der Waals surface area (Å²) in [4.78, 5) is 20.6. The van der Waals surface area contributed by atoms with Crippen molar-refractivity contribution < 1.29 is 27.8 Å². The molecule has 1 unspecified atom stereocenters. The molecule has 0 saturated carbocycles. The standard InChI is InChI=1S/C22H17F3N4O3/c1-13(30)18-11-20(27-12-26-18)32-17-5-6-19-14(9-17)7-8-29(19)21(31)28-16-4-2-3-15(10-16)22(23,24)25/h2-13,30H,1H3,(H,28,31). The van der Waals surface area contributed by atoms with Crippen LogP contribution in [0.5, 0.6) is 11.6 Å². The van der Waals surface area contributed by atoms with E-state index in [1.54, 1.807) is 31.2 Å². The minimum Gasteiger partial charge on any atom is -0.439 e. The molecule has 2 aromatic carbocycles. The summed E-state index contributed by atoms with van der Waals surface area (Å²) in [5.74, 6) is 0.695. The van der Waals surface area contributed by atoms with Gasteiger partial charge in [-0.2, -0.15) is 13.2 Å². The first-order valence-corrected chi connectivity index (χ1v) is 9.48. The lowest BCUT2D eigenvalue weighted by Crippen LogP contribution is -2.18. The lowest BCUT2D eigenvalue weighted by atomic mass is 10.2. The maximum Gasteiger partial charge on any atom is 0.416 e. The third-order valence-corrected chi connectivity index (χ3v) is 4.64. The first-order chi connectivity index (χ1) is 15.2.